The van der Waals surface area contributed by atoms with Crippen molar-refractivity contribution in [1.29, 1.82) is 0 Å². The van der Waals surface area contributed by atoms with Crippen LogP contribution in [0.3, 0.4) is 0 Å². The quantitative estimate of drug-likeness (QED) is 0.477. The van der Waals surface area contributed by atoms with E-state index in [9.17, 15) is 0 Å². The molecular formula is C5H8OS. The SMILES string of the molecule is C=CC1CSCO1. The molecule has 1 atom stereocenters. The van der Waals surface area contributed by atoms with E-state index in [4.69, 9.17) is 4.74 Å². The van der Waals surface area contributed by atoms with Crippen LogP contribution in [-0.2, 0) is 4.74 Å². The molecule has 1 fully saturated rings. The summed E-state index contributed by atoms with van der Waals surface area (Å²) in [7, 11) is 0. The van der Waals surface area contributed by atoms with Gasteiger partial charge in [-0.1, -0.05) is 6.08 Å². The van der Waals surface area contributed by atoms with Crippen molar-refractivity contribution >= 4 is 11.8 Å². The lowest BCUT2D eigenvalue weighted by Crippen LogP contribution is -2.01. The Hall–Kier alpha value is 0.0500. The Morgan fingerprint density at radius 1 is 1.86 bits per heavy atom. The zero-order chi connectivity index (χ0) is 5.11. The van der Waals surface area contributed by atoms with E-state index in [1.54, 1.807) is 0 Å². The maximum absolute atomic E-state index is 5.15. The van der Waals surface area contributed by atoms with Crippen molar-refractivity contribution in [3.05, 3.63) is 12.7 Å². The van der Waals surface area contributed by atoms with Crippen molar-refractivity contribution in [2.45, 2.75) is 6.10 Å². The lowest BCUT2D eigenvalue weighted by atomic mass is 10.4. The Morgan fingerprint density at radius 2 is 2.71 bits per heavy atom. The highest BCUT2D eigenvalue weighted by Gasteiger charge is 2.10. The molecule has 40 valence electrons. The van der Waals surface area contributed by atoms with Crippen LogP contribution < -0.4 is 0 Å². The highest BCUT2D eigenvalue weighted by atomic mass is 32.2. The van der Waals surface area contributed by atoms with Crippen LogP contribution in [0.15, 0.2) is 12.7 Å². The van der Waals surface area contributed by atoms with E-state index in [-0.39, 0.29) is 0 Å². The fourth-order valence-electron chi connectivity index (χ4n) is 0.484. The molecule has 7 heavy (non-hydrogen) atoms. The minimum atomic E-state index is 0.324. The number of thioether (sulfide) groups is 1. The molecule has 1 rings (SSSR count). The molecule has 0 bridgehead atoms. The third-order valence-electron chi connectivity index (χ3n) is 0.910. The monoisotopic (exact) mass is 116 g/mol. The lowest BCUT2D eigenvalue weighted by molar-refractivity contribution is 0.161. The molecule has 0 aromatic rings. The van der Waals surface area contributed by atoms with Gasteiger partial charge in [-0.3, -0.25) is 0 Å². The summed E-state index contributed by atoms with van der Waals surface area (Å²) < 4.78 is 5.15. The highest BCUT2D eigenvalue weighted by Crippen LogP contribution is 2.15. The standard InChI is InChI=1S/C5H8OS/c1-2-5-3-7-4-6-5/h2,5H,1,3-4H2. The van der Waals surface area contributed by atoms with Gasteiger partial charge in [0.1, 0.15) is 0 Å². The van der Waals surface area contributed by atoms with Gasteiger partial charge < -0.3 is 4.74 Å². The summed E-state index contributed by atoms with van der Waals surface area (Å²) in [5, 5.41) is 0. The molecule has 1 heterocycles. The van der Waals surface area contributed by atoms with E-state index in [1.807, 2.05) is 17.8 Å². The molecular weight excluding hydrogens is 108 g/mol. The number of ether oxygens (including phenoxy) is 1. The second-order valence-electron chi connectivity index (χ2n) is 1.43. The van der Waals surface area contributed by atoms with Crippen LogP contribution in [0.25, 0.3) is 0 Å². The average Bonchev–Trinajstić information content (AvgIpc) is 2.14. The van der Waals surface area contributed by atoms with E-state index in [1.165, 1.54) is 0 Å². The largest absolute Gasteiger partial charge is 0.363 e. The number of hydrogen-bond acceptors (Lipinski definition) is 2. The van der Waals surface area contributed by atoms with Crippen molar-refractivity contribution in [2.24, 2.45) is 0 Å². The minimum Gasteiger partial charge on any atom is -0.363 e. The van der Waals surface area contributed by atoms with Crippen molar-refractivity contribution in [3.63, 3.8) is 0 Å². The second-order valence-corrected chi connectivity index (χ2v) is 2.41. The first-order valence-corrected chi connectivity index (χ1v) is 3.41. The highest BCUT2D eigenvalue weighted by molar-refractivity contribution is 7.99. The van der Waals surface area contributed by atoms with Crippen LogP contribution in [0.4, 0.5) is 0 Å². The summed E-state index contributed by atoms with van der Waals surface area (Å²) in [4.78, 5) is 0. The van der Waals surface area contributed by atoms with Crippen LogP contribution in [0.1, 0.15) is 0 Å². The summed E-state index contributed by atoms with van der Waals surface area (Å²) in [6, 6.07) is 0. The first-order chi connectivity index (χ1) is 3.43. The van der Waals surface area contributed by atoms with Gasteiger partial charge in [-0.15, -0.1) is 18.3 Å². The normalized spacial score (nSPS) is 30.6. The molecule has 1 aliphatic heterocycles. The summed E-state index contributed by atoms with van der Waals surface area (Å²) >= 11 is 1.81. The molecule has 2 heteroatoms. The topological polar surface area (TPSA) is 9.23 Å². The first-order valence-electron chi connectivity index (χ1n) is 2.25. The molecule has 0 aliphatic carbocycles. The zero-order valence-corrected chi connectivity index (χ0v) is 4.91. The Bertz CT molecular complexity index is 66.5. The Balaban J connectivity index is 2.26. The maximum Gasteiger partial charge on any atom is 0.0930 e. The van der Waals surface area contributed by atoms with Crippen molar-refractivity contribution in [3.8, 4) is 0 Å². The third-order valence-corrected chi connectivity index (χ3v) is 1.78. The van der Waals surface area contributed by atoms with Crippen molar-refractivity contribution < 1.29 is 4.74 Å². The molecule has 1 unspecified atom stereocenters. The minimum absolute atomic E-state index is 0.324. The molecule has 0 amide bonds. The predicted octanol–water partition coefficient (Wildman–Crippen LogP) is 1.26. The first kappa shape index (κ1) is 5.19. The summed E-state index contributed by atoms with van der Waals surface area (Å²) in [6.07, 6.45) is 2.17. The molecule has 1 nitrogen and oxygen atoms in total. The van der Waals surface area contributed by atoms with Crippen molar-refractivity contribution in [1.82, 2.24) is 0 Å². The molecule has 0 N–H and O–H groups in total. The predicted molar refractivity (Wildman–Crippen MR) is 32.4 cm³/mol. The van der Waals surface area contributed by atoms with Gasteiger partial charge in [0.05, 0.1) is 12.0 Å². The van der Waals surface area contributed by atoms with E-state index in [0.29, 0.717) is 6.10 Å². The summed E-state index contributed by atoms with van der Waals surface area (Å²) in [5.41, 5.74) is 0. The second kappa shape index (κ2) is 2.38. The Kier molecular flexibility index (Phi) is 1.77. The Labute approximate surface area is 47.7 Å². The van der Waals surface area contributed by atoms with Crippen LogP contribution in [-0.4, -0.2) is 17.8 Å². The third kappa shape index (κ3) is 1.21. The van der Waals surface area contributed by atoms with Crippen LogP contribution in [0.2, 0.25) is 0 Å². The van der Waals surface area contributed by atoms with E-state index < -0.39 is 0 Å². The van der Waals surface area contributed by atoms with Crippen molar-refractivity contribution in [2.75, 3.05) is 11.7 Å². The van der Waals surface area contributed by atoms with Crippen LogP contribution in [0, 0.1) is 0 Å². The lowest BCUT2D eigenvalue weighted by Gasteiger charge is -1.95. The Morgan fingerprint density at radius 3 is 3.00 bits per heavy atom. The number of hydrogen-bond donors (Lipinski definition) is 0. The van der Waals surface area contributed by atoms with Gasteiger partial charge in [-0.05, 0) is 0 Å². The smallest absolute Gasteiger partial charge is 0.0930 e. The molecule has 0 spiro atoms. The fraction of sp³-hybridized carbons (Fsp3) is 0.600. The van der Waals surface area contributed by atoms with Gasteiger partial charge in [0, 0.05) is 5.75 Å². The molecule has 0 aromatic heterocycles. The van der Waals surface area contributed by atoms with Gasteiger partial charge in [-0.25, -0.2) is 0 Å². The molecule has 1 aliphatic rings. The van der Waals surface area contributed by atoms with Gasteiger partial charge in [0.2, 0.25) is 0 Å². The van der Waals surface area contributed by atoms with Gasteiger partial charge in [-0.2, -0.15) is 0 Å². The fourth-order valence-corrected chi connectivity index (χ4v) is 1.32. The summed E-state index contributed by atoms with van der Waals surface area (Å²) in [5.74, 6) is 1.93. The molecule has 0 saturated carbocycles. The molecule has 0 aromatic carbocycles. The van der Waals surface area contributed by atoms with Crippen LogP contribution in [0.5, 0.6) is 0 Å². The zero-order valence-electron chi connectivity index (χ0n) is 4.09. The average molecular weight is 116 g/mol. The van der Waals surface area contributed by atoms with Gasteiger partial charge in [0.15, 0.2) is 0 Å². The molecule has 1 saturated heterocycles. The maximum atomic E-state index is 5.15. The number of rotatable bonds is 1. The van der Waals surface area contributed by atoms with E-state index in [2.05, 4.69) is 6.58 Å². The summed E-state index contributed by atoms with van der Waals surface area (Å²) in [6.45, 7) is 3.60. The van der Waals surface area contributed by atoms with Gasteiger partial charge in [0.25, 0.3) is 0 Å². The molecule has 0 radical (unpaired) electrons. The van der Waals surface area contributed by atoms with Crippen LogP contribution >= 0.6 is 11.8 Å². The van der Waals surface area contributed by atoms with Gasteiger partial charge >= 0.3 is 0 Å². The van der Waals surface area contributed by atoms with E-state index in [0.717, 1.165) is 11.7 Å². The van der Waals surface area contributed by atoms with E-state index >= 15 is 0 Å².